The standard InChI is InChI=1S/C11H6Br2Cl2OS/c12-8-4-6(11(13)17-8)10(16)5-2-1-3-7(14)9(5)15/h1-4,10,16H. The van der Waals surface area contributed by atoms with Crippen molar-refractivity contribution in [1.29, 1.82) is 0 Å². The molecule has 1 nitrogen and oxygen atoms in total. The lowest BCUT2D eigenvalue weighted by Crippen LogP contribution is -1.99. The molecule has 1 N–H and O–H groups in total. The molecular weight excluding hydrogens is 411 g/mol. The molecule has 0 aliphatic heterocycles. The Labute approximate surface area is 130 Å². The van der Waals surface area contributed by atoms with Crippen LogP contribution in [0.5, 0.6) is 0 Å². The quantitative estimate of drug-likeness (QED) is 0.669. The van der Waals surface area contributed by atoms with Crippen molar-refractivity contribution in [3.8, 4) is 0 Å². The molecule has 0 saturated carbocycles. The van der Waals surface area contributed by atoms with Crippen molar-refractivity contribution >= 4 is 66.4 Å². The fourth-order valence-corrected chi connectivity index (χ4v) is 4.73. The summed E-state index contributed by atoms with van der Waals surface area (Å²) >= 11 is 20.3. The van der Waals surface area contributed by atoms with E-state index in [0.717, 1.165) is 13.1 Å². The third-order valence-electron chi connectivity index (χ3n) is 2.25. The molecule has 0 aliphatic rings. The number of hydrogen-bond acceptors (Lipinski definition) is 2. The highest BCUT2D eigenvalue weighted by Gasteiger charge is 2.19. The van der Waals surface area contributed by atoms with Crippen LogP contribution in [0.3, 0.4) is 0 Å². The Balaban J connectivity index is 2.47. The van der Waals surface area contributed by atoms with Crippen molar-refractivity contribution in [3.05, 3.63) is 53.0 Å². The summed E-state index contributed by atoms with van der Waals surface area (Å²) in [6, 6.07) is 7.08. The number of hydrogen-bond donors (Lipinski definition) is 1. The smallest absolute Gasteiger partial charge is 0.107 e. The third kappa shape index (κ3) is 2.88. The zero-order chi connectivity index (χ0) is 12.6. The summed E-state index contributed by atoms with van der Waals surface area (Å²) < 4.78 is 1.81. The van der Waals surface area contributed by atoms with E-state index in [-0.39, 0.29) is 0 Å². The summed E-state index contributed by atoms with van der Waals surface area (Å²) in [5, 5.41) is 11.1. The van der Waals surface area contributed by atoms with E-state index in [4.69, 9.17) is 23.2 Å². The van der Waals surface area contributed by atoms with Gasteiger partial charge in [0.1, 0.15) is 6.10 Å². The summed E-state index contributed by atoms with van der Waals surface area (Å²) in [7, 11) is 0. The lowest BCUT2D eigenvalue weighted by Gasteiger charge is -2.12. The van der Waals surface area contributed by atoms with Gasteiger partial charge in [-0.05, 0) is 44.0 Å². The molecule has 1 unspecified atom stereocenters. The maximum absolute atomic E-state index is 10.3. The highest BCUT2D eigenvalue weighted by Crippen LogP contribution is 2.40. The van der Waals surface area contributed by atoms with E-state index in [1.54, 1.807) is 18.2 Å². The minimum absolute atomic E-state index is 0.385. The van der Waals surface area contributed by atoms with Crippen LogP contribution in [0, 0.1) is 0 Å². The van der Waals surface area contributed by atoms with Crippen molar-refractivity contribution in [2.75, 3.05) is 0 Å². The van der Waals surface area contributed by atoms with E-state index in [1.807, 2.05) is 6.07 Å². The number of aliphatic hydroxyl groups excluding tert-OH is 1. The maximum atomic E-state index is 10.3. The number of benzene rings is 1. The van der Waals surface area contributed by atoms with E-state index in [0.29, 0.717) is 15.6 Å². The lowest BCUT2D eigenvalue weighted by atomic mass is 10.0. The molecule has 1 aromatic carbocycles. The van der Waals surface area contributed by atoms with Crippen LogP contribution in [0.15, 0.2) is 31.8 Å². The van der Waals surface area contributed by atoms with E-state index in [9.17, 15) is 5.11 Å². The van der Waals surface area contributed by atoms with Crippen LogP contribution in [-0.4, -0.2) is 5.11 Å². The zero-order valence-corrected chi connectivity index (χ0v) is 13.8. The number of thiophene rings is 1. The Morgan fingerprint density at radius 2 is 1.88 bits per heavy atom. The largest absolute Gasteiger partial charge is 0.384 e. The molecule has 6 heteroatoms. The molecule has 2 aromatic rings. The highest BCUT2D eigenvalue weighted by molar-refractivity contribution is 9.12. The molecule has 0 bridgehead atoms. The Bertz CT molecular complexity index is 556. The molecule has 0 radical (unpaired) electrons. The minimum Gasteiger partial charge on any atom is -0.384 e. The maximum Gasteiger partial charge on any atom is 0.107 e. The van der Waals surface area contributed by atoms with Crippen LogP contribution < -0.4 is 0 Å². The predicted molar refractivity (Wildman–Crippen MR) is 80.2 cm³/mol. The normalized spacial score (nSPS) is 12.8. The van der Waals surface area contributed by atoms with E-state index in [2.05, 4.69) is 31.9 Å². The van der Waals surface area contributed by atoms with Gasteiger partial charge in [0.2, 0.25) is 0 Å². The molecule has 0 saturated heterocycles. The highest BCUT2D eigenvalue weighted by atomic mass is 79.9. The molecule has 2 rings (SSSR count). The number of halogens is 4. The van der Waals surface area contributed by atoms with Crippen molar-refractivity contribution < 1.29 is 5.11 Å². The Morgan fingerprint density at radius 3 is 2.47 bits per heavy atom. The van der Waals surface area contributed by atoms with Gasteiger partial charge in [0.15, 0.2) is 0 Å². The molecule has 0 spiro atoms. The van der Waals surface area contributed by atoms with Crippen molar-refractivity contribution in [2.24, 2.45) is 0 Å². The molecule has 90 valence electrons. The Hall–Kier alpha value is 0.420. The van der Waals surface area contributed by atoms with Gasteiger partial charge in [-0.1, -0.05) is 35.3 Å². The molecule has 17 heavy (non-hydrogen) atoms. The Morgan fingerprint density at radius 1 is 1.18 bits per heavy atom. The van der Waals surface area contributed by atoms with Crippen LogP contribution in [0.25, 0.3) is 0 Å². The average molecular weight is 417 g/mol. The van der Waals surface area contributed by atoms with Gasteiger partial charge in [0, 0.05) is 11.1 Å². The summed E-state index contributed by atoms with van der Waals surface area (Å²) in [6.07, 6.45) is -0.793. The van der Waals surface area contributed by atoms with E-state index in [1.165, 1.54) is 11.3 Å². The summed E-state index contributed by atoms with van der Waals surface area (Å²) in [5.74, 6) is 0. The lowest BCUT2D eigenvalue weighted by molar-refractivity contribution is 0.220. The van der Waals surface area contributed by atoms with Crippen LogP contribution in [0.2, 0.25) is 10.0 Å². The first-order valence-corrected chi connectivity index (χ1v) is 7.73. The van der Waals surface area contributed by atoms with Crippen molar-refractivity contribution in [2.45, 2.75) is 6.10 Å². The van der Waals surface area contributed by atoms with Gasteiger partial charge >= 0.3 is 0 Å². The van der Waals surface area contributed by atoms with Gasteiger partial charge in [0.25, 0.3) is 0 Å². The van der Waals surface area contributed by atoms with Gasteiger partial charge < -0.3 is 5.11 Å². The molecule has 0 amide bonds. The molecule has 0 fully saturated rings. The molecule has 1 atom stereocenters. The first kappa shape index (κ1) is 13.8. The monoisotopic (exact) mass is 414 g/mol. The van der Waals surface area contributed by atoms with Gasteiger partial charge in [-0.15, -0.1) is 11.3 Å². The first-order valence-electron chi connectivity index (χ1n) is 4.57. The molecule has 1 heterocycles. The van der Waals surface area contributed by atoms with Gasteiger partial charge in [0.05, 0.1) is 17.6 Å². The molecule has 1 aromatic heterocycles. The topological polar surface area (TPSA) is 20.2 Å². The third-order valence-corrected chi connectivity index (χ3v) is 5.47. The first-order chi connectivity index (χ1) is 8.00. The van der Waals surface area contributed by atoms with Crippen molar-refractivity contribution in [1.82, 2.24) is 0 Å². The van der Waals surface area contributed by atoms with Gasteiger partial charge in [-0.3, -0.25) is 0 Å². The van der Waals surface area contributed by atoms with Crippen LogP contribution in [0.4, 0.5) is 0 Å². The molecule has 0 aliphatic carbocycles. The number of aliphatic hydroxyl groups is 1. The van der Waals surface area contributed by atoms with Crippen LogP contribution >= 0.6 is 66.4 Å². The second-order valence-corrected chi connectivity index (χ2v) is 7.86. The van der Waals surface area contributed by atoms with Crippen LogP contribution in [-0.2, 0) is 0 Å². The zero-order valence-electron chi connectivity index (χ0n) is 8.25. The second kappa shape index (κ2) is 5.59. The number of rotatable bonds is 2. The fraction of sp³-hybridized carbons (Fsp3) is 0.0909. The summed E-state index contributed by atoms with van der Waals surface area (Å²) in [5.41, 5.74) is 1.37. The van der Waals surface area contributed by atoms with E-state index >= 15 is 0 Å². The predicted octanol–water partition coefficient (Wildman–Crippen LogP) is 5.66. The minimum atomic E-state index is -0.793. The molecular formula is C11H6Br2Cl2OS. The van der Waals surface area contributed by atoms with Crippen LogP contribution in [0.1, 0.15) is 17.2 Å². The summed E-state index contributed by atoms with van der Waals surface area (Å²) in [4.78, 5) is 0. The van der Waals surface area contributed by atoms with Gasteiger partial charge in [-0.2, -0.15) is 0 Å². The average Bonchev–Trinajstić information content (AvgIpc) is 2.61. The second-order valence-electron chi connectivity index (χ2n) is 3.33. The van der Waals surface area contributed by atoms with Crippen molar-refractivity contribution in [3.63, 3.8) is 0 Å². The summed E-state index contributed by atoms with van der Waals surface area (Å²) in [6.45, 7) is 0. The Kier molecular flexibility index (Phi) is 4.55. The van der Waals surface area contributed by atoms with Gasteiger partial charge in [-0.25, -0.2) is 0 Å². The van der Waals surface area contributed by atoms with E-state index < -0.39 is 6.10 Å². The fourth-order valence-electron chi connectivity index (χ4n) is 1.44. The SMILES string of the molecule is OC(c1cc(Br)sc1Br)c1cccc(Cl)c1Cl.